The SMILES string of the molecule is CCCCC(=O)NC.Cc1cccnc1.NC(=O)N1CCN(c2ccnc3cc(Cl)ccc23)CC1. The molecule has 1 aromatic carbocycles. The average molecular weight is 499 g/mol. The topological polar surface area (TPSA) is 104 Å². The normalized spacial score (nSPS) is 12.7. The summed E-state index contributed by atoms with van der Waals surface area (Å²) in [5.41, 5.74) is 8.52. The quantitative estimate of drug-likeness (QED) is 0.554. The van der Waals surface area contributed by atoms with Crippen LogP contribution in [0, 0.1) is 6.92 Å². The van der Waals surface area contributed by atoms with Gasteiger partial charge >= 0.3 is 6.03 Å². The largest absolute Gasteiger partial charge is 0.367 e. The Morgan fingerprint density at radius 3 is 2.40 bits per heavy atom. The van der Waals surface area contributed by atoms with E-state index in [0.717, 1.165) is 42.5 Å². The number of carbonyl (C=O) groups excluding carboxylic acids is 2. The van der Waals surface area contributed by atoms with Gasteiger partial charge in [0.1, 0.15) is 0 Å². The molecular weight excluding hydrogens is 464 g/mol. The van der Waals surface area contributed by atoms with Crippen LogP contribution in [-0.2, 0) is 4.79 Å². The van der Waals surface area contributed by atoms with Gasteiger partial charge in [-0.1, -0.05) is 31.0 Å². The molecule has 1 aliphatic rings. The molecule has 0 atom stereocenters. The predicted octanol–water partition coefficient (Wildman–Crippen LogP) is 4.40. The number of piperazine rings is 1. The molecule has 0 aliphatic carbocycles. The number of urea groups is 1. The Balaban J connectivity index is 0.000000237. The number of fused-ring (bicyclic) bond motifs is 1. The molecule has 35 heavy (non-hydrogen) atoms. The van der Waals surface area contributed by atoms with Crippen LogP contribution in [0.3, 0.4) is 0 Å². The summed E-state index contributed by atoms with van der Waals surface area (Å²) in [6.45, 7) is 6.92. The lowest BCUT2D eigenvalue weighted by molar-refractivity contribution is -0.120. The van der Waals surface area contributed by atoms with Crippen LogP contribution in [0.4, 0.5) is 10.5 Å². The van der Waals surface area contributed by atoms with Crippen LogP contribution < -0.4 is 16.0 Å². The van der Waals surface area contributed by atoms with Gasteiger partial charge in [0.15, 0.2) is 0 Å². The number of carbonyl (C=O) groups is 2. The number of benzene rings is 1. The molecule has 0 unspecified atom stereocenters. The highest BCUT2D eigenvalue weighted by Crippen LogP contribution is 2.28. The summed E-state index contributed by atoms with van der Waals surface area (Å²) in [5.74, 6) is 0.145. The summed E-state index contributed by atoms with van der Waals surface area (Å²) in [4.78, 5) is 33.8. The number of nitrogens with one attached hydrogen (secondary N) is 1. The van der Waals surface area contributed by atoms with Crippen molar-refractivity contribution in [3.8, 4) is 0 Å². The van der Waals surface area contributed by atoms with Crippen molar-refractivity contribution in [2.24, 2.45) is 5.73 Å². The van der Waals surface area contributed by atoms with Gasteiger partial charge in [-0.3, -0.25) is 14.8 Å². The Kier molecular flexibility index (Phi) is 11.8. The molecule has 3 amide bonds. The molecule has 0 spiro atoms. The van der Waals surface area contributed by atoms with Crippen LogP contribution in [-0.4, -0.2) is 60.0 Å². The smallest absolute Gasteiger partial charge is 0.314 e. The van der Waals surface area contributed by atoms with Crippen molar-refractivity contribution in [2.75, 3.05) is 38.1 Å². The predicted molar refractivity (Wildman–Crippen MR) is 143 cm³/mol. The third-order valence-corrected chi connectivity index (χ3v) is 5.69. The molecule has 4 rings (SSSR count). The molecule has 1 fully saturated rings. The number of pyridine rings is 2. The number of nitrogens with zero attached hydrogens (tertiary/aromatic N) is 4. The molecule has 0 radical (unpaired) electrons. The van der Waals surface area contributed by atoms with Gasteiger partial charge in [-0.25, -0.2) is 4.79 Å². The zero-order valence-corrected chi connectivity index (χ0v) is 21.5. The second-order valence-corrected chi connectivity index (χ2v) is 8.55. The van der Waals surface area contributed by atoms with E-state index >= 15 is 0 Å². The number of amides is 3. The van der Waals surface area contributed by atoms with E-state index in [4.69, 9.17) is 17.3 Å². The Morgan fingerprint density at radius 2 is 1.86 bits per heavy atom. The summed E-state index contributed by atoms with van der Waals surface area (Å²) in [6.07, 6.45) is 8.15. The minimum absolute atomic E-state index is 0.145. The lowest BCUT2D eigenvalue weighted by Gasteiger charge is -2.35. The van der Waals surface area contributed by atoms with Gasteiger partial charge in [0.2, 0.25) is 5.91 Å². The molecule has 9 heteroatoms. The third-order valence-electron chi connectivity index (χ3n) is 5.46. The zero-order chi connectivity index (χ0) is 25.6. The van der Waals surface area contributed by atoms with E-state index < -0.39 is 0 Å². The number of anilines is 1. The summed E-state index contributed by atoms with van der Waals surface area (Å²) >= 11 is 6.00. The van der Waals surface area contributed by atoms with E-state index in [1.807, 2.05) is 49.5 Å². The monoisotopic (exact) mass is 498 g/mol. The van der Waals surface area contributed by atoms with Gasteiger partial charge < -0.3 is 20.9 Å². The van der Waals surface area contributed by atoms with E-state index in [0.29, 0.717) is 24.5 Å². The van der Waals surface area contributed by atoms with Crippen LogP contribution in [0.15, 0.2) is 55.0 Å². The summed E-state index contributed by atoms with van der Waals surface area (Å²) < 4.78 is 0. The Bertz CT molecular complexity index is 1070. The van der Waals surface area contributed by atoms with Crippen LogP contribution in [0.1, 0.15) is 31.7 Å². The number of rotatable bonds is 4. The highest BCUT2D eigenvalue weighted by Gasteiger charge is 2.20. The summed E-state index contributed by atoms with van der Waals surface area (Å²) in [5, 5.41) is 4.32. The van der Waals surface area contributed by atoms with Crippen molar-refractivity contribution in [3.63, 3.8) is 0 Å². The van der Waals surface area contributed by atoms with E-state index in [-0.39, 0.29) is 11.9 Å². The van der Waals surface area contributed by atoms with Gasteiger partial charge in [-0.2, -0.15) is 0 Å². The van der Waals surface area contributed by atoms with Crippen LogP contribution >= 0.6 is 11.6 Å². The maximum absolute atomic E-state index is 11.2. The lowest BCUT2D eigenvalue weighted by atomic mass is 10.1. The average Bonchev–Trinajstić information content (AvgIpc) is 2.88. The standard InChI is InChI=1S/C14H15ClN4O.C6H13NO.C6H7N/c15-10-1-2-11-12(9-10)17-4-3-13(11)18-5-7-19(8-6-18)14(16)20;1-3-4-5-6(8)7-2;1-6-3-2-4-7-5-6/h1-4,9H,5-8H2,(H2,16,20);3-5H2,1-2H3,(H,7,8);2-5H,1H3. The number of halogens is 1. The first-order valence-corrected chi connectivity index (χ1v) is 12.1. The molecule has 1 aliphatic heterocycles. The molecule has 0 saturated carbocycles. The Morgan fingerprint density at radius 1 is 1.11 bits per heavy atom. The fraction of sp³-hybridized carbons (Fsp3) is 0.385. The third kappa shape index (κ3) is 9.41. The summed E-state index contributed by atoms with van der Waals surface area (Å²) in [7, 11) is 1.66. The number of primary amides is 1. The van der Waals surface area contributed by atoms with Gasteiger partial charge in [-0.15, -0.1) is 0 Å². The summed E-state index contributed by atoms with van der Waals surface area (Å²) in [6, 6.07) is 11.3. The van der Waals surface area contributed by atoms with E-state index in [2.05, 4.69) is 27.1 Å². The molecule has 3 aromatic rings. The van der Waals surface area contributed by atoms with E-state index in [1.165, 1.54) is 5.56 Å². The maximum atomic E-state index is 11.2. The number of aryl methyl sites for hydroxylation is 1. The first kappa shape index (κ1) is 27.9. The number of nitrogens with two attached hydrogens (primary N) is 1. The van der Waals surface area contributed by atoms with E-state index in [1.54, 1.807) is 24.3 Å². The Hall–Kier alpha value is -3.39. The Labute approximate surface area is 212 Å². The molecular formula is C26H35ClN6O2. The van der Waals surface area contributed by atoms with Crippen molar-refractivity contribution in [2.45, 2.75) is 33.1 Å². The molecule has 2 aromatic heterocycles. The number of hydrogen-bond donors (Lipinski definition) is 2. The van der Waals surface area contributed by atoms with Crippen LogP contribution in [0.5, 0.6) is 0 Å². The minimum Gasteiger partial charge on any atom is -0.367 e. The van der Waals surface area contributed by atoms with Crippen molar-refractivity contribution >= 4 is 40.1 Å². The highest BCUT2D eigenvalue weighted by atomic mass is 35.5. The number of hydrogen-bond acceptors (Lipinski definition) is 5. The molecule has 0 bridgehead atoms. The molecule has 188 valence electrons. The second-order valence-electron chi connectivity index (χ2n) is 8.11. The van der Waals surface area contributed by atoms with Gasteiger partial charge in [0, 0.05) is 74.3 Å². The number of unbranched alkanes of at least 4 members (excludes halogenated alkanes) is 1. The molecule has 8 nitrogen and oxygen atoms in total. The van der Waals surface area contributed by atoms with Crippen LogP contribution in [0.2, 0.25) is 5.02 Å². The lowest BCUT2D eigenvalue weighted by Crippen LogP contribution is -2.50. The second kappa shape index (κ2) is 14.8. The highest BCUT2D eigenvalue weighted by molar-refractivity contribution is 6.31. The maximum Gasteiger partial charge on any atom is 0.314 e. The van der Waals surface area contributed by atoms with Gasteiger partial charge in [0.25, 0.3) is 0 Å². The molecule has 3 N–H and O–H groups in total. The van der Waals surface area contributed by atoms with Crippen molar-refractivity contribution < 1.29 is 9.59 Å². The van der Waals surface area contributed by atoms with Crippen molar-refractivity contribution in [3.05, 3.63) is 65.6 Å². The first-order valence-electron chi connectivity index (χ1n) is 11.8. The first-order chi connectivity index (χ1) is 16.8. The van der Waals surface area contributed by atoms with Gasteiger partial charge in [0.05, 0.1) is 5.52 Å². The zero-order valence-electron chi connectivity index (χ0n) is 20.7. The van der Waals surface area contributed by atoms with Crippen molar-refractivity contribution in [1.29, 1.82) is 0 Å². The van der Waals surface area contributed by atoms with Crippen LogP contribution in [0.25, 0.3) is 10.9 Å². The molecule has 3 heterocycles. The molecule has 1 saturated heterocycles. The van der Waals surface area contributed by atoms with Crippen molar-refractivity contribution in [1.82, 2.24) is 20.2 Å². The minimum atomic E-state index is -0.351. The van der Waals surface area contributed by atoms with E-state index in [9.17, 15) is 9.59 Å². The fourth-order valence-corrected chi connectivity index (χ4v) is 3.63. The fourth-order valence-electron chi connectivity index (χ4n) is 3.46. The number of aromatic nitrogens is 2. The van der Waals surface area contributed by atoms with Gasteiger partial charge in [-0.05, 0) is 49.2 Å².